The second-order valence-electron chi connectivity index (χ2n) is 4.65. The summed E-state index contributed by atoms with van der Waals surface area (Å²) in [5, 5.41) is 9.66. The van der Waals surface area contributed by atoms with Gasteiger partial charge in [0, 0.05) is 25.4 Å². The molecule has 88 valence electrons. The zero-order valence-corrected chi connectivity index (χ0v) is 10.4. The number of nitrogens with zero attached hydrogens (tertiary/aromatic N) is 2. The third-order valence-electron chi connectivity index (χ3n) is 3.27. The van der Waals surface area contributed by atoms with Crippen LogP contribution in [0.2, 0.25) is 5.02 Å². The third-order valence-corrected chi connectivity index (χ3v) is 3.61. The lowest BCUT2D eigenvalue weighted by molar-refractivity contribution is 0.282. The van der Waals surface area contributed by atoms with Crippen molar-refractivity contribution in [2.24, 2.45) is 11.8 Å². The van der Waals surface area contributed by atoms with E-state index in [9.17, 15) is 0 Å². The third kappa shape index (κ3) is 2.47. The first kappa shape index (κ1) is 11.7. The maximum atomic E-state index is 9.13. The summed E-state index contributed by atoms with van der Waals surface area (Å²) in [7, 11) is 2.03. The lowest BCUT2D eigenvalue weighted by Crippen LogP contribution is -2.21. The molecule has 0 saturated heterocycles. The number of aromatic nitrogens is 1. The molecule has 0 aromatic carbocycles. The zero-order chi connectivity index (χ0) is 11.7. The average molecular weight is 241 g/mol. The molecule has 4 heteroatoms. The molecule has 1 aliphatic rings. The smallest absolute Gasteiger partial charge is 0.128 e. The molecular formula is C12H17ClN2O. The molecule has 1 aromatic rings. The van der Waals surface area contributed by atoms with Crippen molar-refractivity contribution in [3.63, 3.8) is 0 Å². The minimum absolute atomic E-state index is 0.0397. The number of halogens is 1. The van der Waals surface area contributed by atoms with Gasteiger partial charge in [0.2, 0.25) is 0 Å². The van der Waals surface area contributed by atoms with E-state index in [4.69, 9.17) is 16.7 Å². The van der Waals surface area contributed by atoms with Crippen LogP contribution in [0.1, 0.15) is 18.9 Å². The fourth-order valence-corrected chi connectivity index (χ4v) is 2.06. The van der Waals surface area contributed by atoms with Crippen LogP contribution in [0.25, 0.3) is 0 Å². The Labute approximate surface area is 101 Å². The molecule has 1 fully saturated rings. The second-order valence-corrected chi connectivity index (χ2v) is 5.05. The average Bonchev–Trinajstić information content (AvgIpc) is 2.94. The van der Waals surface area contributed by atoms with E-state index in [-0.39, 0.29) is 6.61 Å². The molecule has 0 aliphatic heterocycles. The summed E-state index contributed by atoms with van der Waals surface area (Å²) >= 11 is 5.90. The highest BCUT2D eigenvalue weighted by Gasteiger charge is 2.33. The molecule has 1 saturated carbocycles. The lowest BCUT2D eigenvalue weighted by Gasteiger charge is -2.18. The van der Waals surface area contributed by atoms with Gasteiger partial charge < -0.3 is 10.0 Å². The standard InChI is InChI=1S/C12H17ClN2O/c1-8-3-9(8)6-15(2)12-4-10(7-16)11(13)5-14-12/h4-5,8-9,16H,3,6-7H2,1-2H3. The van der Waals surface area contributed by atoms with Crippen LogP contribution in [0, 0.1) is 11.8 Å². The molecule has 0 spiro atoms. The number of aliphatic hydroxyl groups is 1. The minimum atomic E-state index is -0.0397. The van der Waals surface area contributed by atoms with Gasteiger partial charge in [-0.2, -0.15) is 0 Å². The highest BCUT2D eigenvalue weighted by atomic mass is 35.5. The van der Waals surface area contributed by atoms with Crippen LogP contribution in [0.5, 0.6) is 0 Å². The first-order valence-corrected chi connectivity index (χ1v) is 5.96. The highest BCUT2D eigenvalue weighted by molar-refractivity contribution is 6.31. The van der Waals surface area contributed by atoms with Crippen molar-refractivity contribution in [3.05, 3.63) is 22.8 Å². The maximum absolute atomic E-state index is 9.13. The summed E-state index contributed by atoms with van der Waals surface area (Å²) in [6.45, 7) is 3.26. The van der Waals surface area contributed by atoms with Crippen LogP contribution in [0.15, 0.2) is 12.3 Å². The van der Waals surface area contributed by atoms with Gasteiger partial charge in [-0.15, -0.1) is 0 Å². The number of pyridine rings is 1. The molecule has 2 unspecified atom stereocenters. The summed E-state index contributed by atoms with van der Waals surface area (Å²) in [6.07, 6.45) is 2.92. The normalized spacial score (nSPS) is 23.2. The molecule has 0 amide bonds. The quantitative estimate of drug-likeness (QED) is 0.878. The van der Waals surface area contributed by atoms with E-state index >= 15 is 0 Å². The monoisotopic (exact) mass is 240 g/mol. The number of rotatable bonds is 4. The van der Waals surface area contributed by atoms with Crippen molar-refractivity contribution in [1.29, 1.82) is 0 Å². The number of hydrogen-bond acceptors (Lipinski definition) is 3. The van der Waals surface area contributed by atoms with Gasteiger partial charge in [-0.1, -0.05) is 18.5 Å². The Hall–Kier alpha value is -0.800. The van der Waals surface area contributed by atoms with Gasteiger partial charge in [-0.05, 0) is 24.3 Å². The van der Waals surface area contributed by atoms with Gasteiger partial charge in [-0.25, -0.2) is 4.98 Å². The fraction of sp³-hybridized carbons (Fsp3) is 0.583. The Kier molecular flexibility index (Phi) is 3.36. The molecule has 3 nitrogen and oxygen atoms in total. The molecule has 0 bridgehead atoms. The number of anilines is 1. The molecule has 1 heterocycles. The molecule has 0 radical (unpaired) electrons. The van der Waals surface area contributed by atoms with Crippen LogP contribution in [0.4, 0.5) is 5.82 Å². The van der Waals surface area contributed by atoms with Crippen LogP contribution in [-0.4, -0.2) is 23.7 Å². The van der Waals surface area contributed by atoms with E-state index in [1.807, 2.05) is 13.1 Å². The first-order valence-electron chi connectivity index (χ1n) is 5.58. The van der Waals surface area contributed by atoms with E-state index in [1.165, 1.54) is 6.42 Å². The Bertz CT molecular complexity index is 383. The summed E-state index contributed by atoms with van der Waals surface area (Å²) in [5.74, 6) is 2.51. The van der Waals surface area contributed by atoms with Crippen LogP contribution in [0.3, 0.4) is 0 Å². The van der Waals surface area contributed by atoms with Crippen LogP contribution >= 0.6 is 11.6 Å². The van der Waals surface area contributed by atoms with Crippen molar-refractivity contribution in [1.82, 2.24) is 4.98 Å². The van der Waals surface area contributed by atoms with E-state index in [1.54, 1.807) is 6.20 Å². The van der Waals surface area contributed by atoms with E-state index in [0.717, 1.165) is 29.8 Å². The lowest BCUT2D eigenvalue weighted by atomic mass is 10.2. The Morgan fingerprint density at radius 2 is 2.31 bits per heavy atom. The highest BCUT2D eigenvalue weighted by Crippen LogP contribution is 2.38. The van der Waals surface area contributed by atoms with E-state index in [0.29, 0.717) is 5.02 Å². The molecule has 1 N–H and O–H groups in total. The van der Waals surface area contributed by atoms with Crippen molar-refractivity contribution >= 4 is 17.4 Å². The molecular weight excluding hydrogens is 224 g/mol. The molecule has 1 aliphatic carbocycles. The summed E-state index contributed by atoms with van der Waals surface area (Å²) < 4.78 is 0. The van der Waals surface area contributed by atoms with Crippen molar-refractivity contribution in [2.45, 2.75) is 20.0 Å². The SMILES string of the molecule is CC1CC1CN(C)c1cc(CO)c(Cl)cn1. The van der Waals surface area contributed by atoms with Crippen LogP contribution in [-0.2, 0) is 6.61 Å². The van der Waals surface area contributed by atoms with Crippen molar-refractivity contribution < 1.29 is 5.11 Å². The van der Waals surface area contributed by atoms with Gasteiger partial charge in [0.25, 0.3) is 0 Å². The van der Waals surface area contributed by atoms with Crippen molar-refractivity contribution in [2.75, 3.05) is 18.5 Å². The van der Waals surface area contributed by atoms with E-state index < -0.39 is 0 Å². The Morgan fingerprint density at radius 3 is 2.88 bits per heavy atom. The van der Waals surface area contributed by atoms with Gasteiger partial charge in [0.1, 0.15) is 5.82 Å². The van der Waals surface area contributed by atoms with Crippen molar-refractivity contribution in [3.8, 4) is 0 Å². The van der Waals surface area contributed by atoms with Gasteiger partial charge in [0.15, 0.2) is 0 Å². The van der Waals surface area contributed by atoms with Gasteiger partial charge in [0.05, 0.1) is 11.6 Å². The zero-order valence-electron chi connectivity index (χ0n) is 9.65. The summed E-state index contributed by atoms with van der Waals surface area (Å²) in [6, 6.07) is 1.86. The maximum Gasteiger partial charge on any atom is 0.128 e. The Morgan fingerprint density at radius 1 is 1.62 bits per heavy atom. The predicted molar refractivity (Wildman–Crippen MR) is 65.7 cm³/mol. The first-order chi connectivity index (χ1) is 7.61. The number of hydrogen-bond donors (Lipinski definition) is 1. The van der Waals surface area contributed by atoms with Crippen LogP contribution < -0.4 is 4.90 Å². The molecule has 2 rings (SSSR count). The summed E-state index contributed by atoms with van der Waals surface area (Å²) in [4.78, 5) is 6.40. The Balaban J connectivity index is 2.07. The minimum Gasteiger partial charge on any atom is -0.392 e. The van der Waals surface area contributed by atoms with E-state index in [2.05, 4.69) is 16.8 Å². The predicted octanol–water partition coefficient (Wildman–Crippen LogP) is 2.32. The largest absolute Gasteiger partial charge is 0.392 e. The topological polar surface area (TPSA) is 36.4 Å². The second kappa shape index (κ2) is 4.60. The molecule has 16 heavy (non-hydrogen) atoms. The summed E-state index contributed by atoms with van der Waals surface area (Å²) in [5.41, 5.74) is 0.738. The van der Waals surface area contributed by atoms with Gasteiger partial charge >= 0.3 is 0 Å². The fourth-order valence-electron chi connectivity index (χ4n) is 1.90. The molecule has 2 atom stereocenters. The number of aliphatic hydroxyl groups excluding tert-OH is 1. The molecule has 1 aromatic heterocycles. The van der Waals surface area contributed by atoms with Gasteiger partial charge in [-0.3, -0.25) is 0 Å².